The summed E-state index contributed by atoms with van der Waals surface area (Å²) in [5, 5.41) is 0. The Labute approximate surface area is 147 Å². The van der Waals surface area contributed by atoms with E-state index in [1.807, 2.05) is 23.5 Å². The molecule has 2 aromatic heterocycles. The number of hydrogen-bond donors (Lipinski definition) is 0. The quantitative estimate of drug-likeness (QED) is 0.752. The van der Waals surface area contributed by atoms with Crippen LogP contribution in [0.5, 0.6) is 0 Å². The molecule has 8 nitrogen and oxygen atoms in total. The van der Waals surface area contributed by atoms with Crippen LogP contribution in [-0.4, -0.2) is 69.1 Å². The van der Waals surface area contributed by atoms with Crippen molar-refractivity contribution in [2.75, 3.05) is 33.9 Å². The second-order valence-corrected chi connectivity index (χ2v) is 6.30. The molecular weight excluding hydrogens is 320 g/mol. The van der Waals surface area contributed by atoms with Crippen molar-refractivity contribution in [2.24, 2.45) is 0 Å². The summed E-state index contributed by atoms with van der Waals surface area (Å²) in [6.07, 6.45) is 7.92. The number of nitrogens with zero attached hydrogens (tertiary/aromatic N) is 6. The van der Waals surface area contributed by atoms with Gasteiger partial charge in [0.2, 0.25) is 5.91 Å². The van der Waals surface area contributed by atoms with Crippen LogP contribution >= 0.6 is 0 Å². The first-order chi connectivity index (χ1) is 12.2. The van der Waals surface area contributed by atoms with E-state index in [-0.39, 0.29) is 12.5 Å². The van der Waals surface area contributed by atoms with Gasteiger partial charge in [0.05, 0.1) is 5.69 Å². The topological polar surface area (TPSA) is 76.4 Å². The molecular formula is C17H24N6O2. The molecule has 0 N–H and O–H groups in total. The number of carbonyl (C=O) groups is 1. The van der Waals surface area contributed by atoms with Crippen molar-refractivity contribution in [1.82, 2.24) is 29.3 Å². The minimum atomic E-state index is 0.0380. The number of amides is 1. The first-order valence-corrected chi connectivity index (χ1v) is 8.40. The lowest BCUT2D eigenvalue weighted by Crippen LogP contribution is -2.36. The number of methoxy groups -OCH3 is 1. The van der Waals surface area contributed by atoms with Crippen LogP contribution < -0.4 is 0 Å². The van der Waals surface area contributed by atoms with Gasteiger partial charge in [0, 0.05) is 70.4 Å². The van der Waals surface area contributed by atoms with Crippen molar-refractivity contribution in [3.8, 4) is 0 Å². The lowest BCUT2D eigenvalue weighted by molar-refractivity contribution is -0.135. The summed E-state index contributed by atoms with van der Waals surface area (Å²) in [5.41, 5.74) is 2.24. The lowest BCUT2D eigenvalue weighted by atomic mass is 10.3. The van der Waals surface area contributed by atoms with Crippen molar-refractivity contribution in [2.45, 2.75) is 26.1 Å². The summed E-state index contributed by atoms with van der Waals surface area (Å²) >= 11 is 0. The van der Waals surface area contributed by atoms with Crippen molar-refractivity contribution in [1.29, 1.82) is 0 Å². The Kier molecular flexibility index (Phi) is 5.72. The van der Waals surface area contributed by atoms with Crippen LogP contribution in [-0.2, 0) is 35.6 Å². The van der Waals surface area contributed by atoms with Crippen LogP contribution in [0.4, 0.5) is 0 Å². The molecule has 0 atom stereocenters. The first kappa shape index (κ1) is 17.5. The van der Waals surface area contributed by atoms with E-state index in [0.717, 1.165) is 43.1 Å². The summed E-state index contributed by atoms with van der Waals surface area (Å²) in [6.45, 7) is 3.85. The summed E-state index contributed by atoms with van der Waals surface area (Å²) < 4.78 is 7.19. The number of imidazole rings is 1. The molecule has 0 spiro atoms. The first-order valence-electron chi connectivity index (χ1n) is 8.40. The van der Waals surface area contributed by atoms with E-state index >= 15 is 0 Å². The van der Waals surface area contributed by atoms with Gasteiger partial charge in [-0.1, -0.05) is 0 Å². The molecule has 134 valence electrons. The summed E-state index contributed by atoms with van der Waals surface area (Å²) in [6, 6.07) is 0. The third-order valence-corrected chi connectivity index (χ3v) is 4.34. The van der Waals surface area contributed by atoms with Crippen LogP contribution in [0.1, 0.15) is 17.1 Å². The molecule has 0 bridgehead atoms. The Bertz CT molecular complexity index is 702. The Morgan fingerprint density at radius 3 is 2.76 bits per heavy atom. The molecule has 8 heteroatoms. The van der Waals surface area contributed by atoms with Crippen molar-refractivity contribution in [3.63, 3.8) is 0 Å². The molecule has 0 saturated carbocycles. The molecule has 3 heterocycles. The van der Waals surface area contributed by atoms with E-state index in [1.165, 1.54) is 6.33 Å². The molecule has 0 unspecified atom stereocenters. The van der Waals surface area contributed by atoms with Gasteiger partial charge in [-0.15, -0.1) is 0 Å². The van der Waals surface area contributed by atoms with Gasteiger partial charge in [-0.3, -0.25) is 9.69 Å². The molecule has 2 aromatic rings. The van der Waals surface area contributed by atoms with Gasteiger partial charge in [0.1, 0.15) is 18.8 Å². The van der Waals surface area contributed by atoms with Crippen LogP contribution in [0.15, 0.2) is 24.9 Å². The van der Waals surface area contributed by atoms with Gasteiger partial charge < -0.3 is 14.2 Å². The fourth-order valence-corrected chi connectivity index (χ4v) is 3.14. The molecule has 0 aromatic carbocycles. The summed E-state index contributed by atoms with van der Waals surface area (Å²) in [7, 11) is 3.62. The number of rotatable bonds is 6. The van der Waals surface area contributed by atoms with E-state index in [0.29, 0.717) is 13.1 Å². The second-order valence-electron chi connectivity index (χ2n) is 6.30. The fraction of sp³-hybridized carbons (Fsp3) is 0.529. The number of hydrogen-bond acceptors (Lipinski definition) is 6. The van der Waals surface area contributed by atoms with Gasteiger partial charge in [-0.2, -0.15) is 0 Å². The fourth-order valence-electron chi connectivity index (χ4n) is 3.14. The van der Waals surface area contributed by atoms with Gasteiger partial charge in [-0.05, 0) is 7.05 Å². The van der Waals surface area contributed by atoms with E-state index in [4.69, 9.17) is 4.74 Å². The predicted octanol–water partition coefficient (Wildman–Crippen LogP) is 0.336. The van der Waals surface area contributed by atoms with Crippen molar-refractivity contribution in [3.05, 3.63) is 42.0 Å². The minimum absolute atomic E-state index is 0.0380. The van der Waals surface area contributed by atoms with Crippen molar-refractivity contribution < 1.29 is 9.53 Å². The molecule has 3 rings (SSSR count). The average molecular weight is 344 g/mol. The Morgan fingerprint density at radius 1 is 1.20 bits per heavy atom. The van der Waals surface area contributed by atoms with E-state index in [1.54, 1.807) is 7.11 Å². The maximum absolute atomic E-state index is 12.0. The molecule has 1 aliphatic heterocycles. The van der Waals surface area contributed by atoms with E-state index < -0.39 is 0 Å². The number of fused-ring (bicyclic) bond motifs is 1. The number of aromatic nitrogens is 4. The largest absolute Gasteiger partial charge is 0.375 e. The Hall–Kier alpha value is -2.32. The van der Waals surface area contributed by atoms with Crippen LogP contribution in [0.25, 0.3) is 0 Å². The smallest absolute Gasteiger partial charge is 0.248 e. The zero-order chi connectivity index (χ0) is 17.6. The van der Waals surface area contributed by atoms with Gasteiger partial charge in [-0.25, -0.2) is 15.0 Å². The minimum Gasteiger partial charge on any atom is -0.375 e. The average Bonchev–Trinajstić information content (AvgIpc) is 2.85. The van der Waals surface area contributed by atoms with Gasteiger partial charge in [0.15, 0.2) is 0 Å². The maximum atomic E-state index is 12.0. The molecule has 25 heavy (non-hydrogen) atoms. The molecule has 0 radical (unpaired) electrons. The summed E-state index contributed by atoms with van der Waals surface area (Å²) in [5.74, 6) is 1.08. The van der Waals surface area contributed by atoms with Crippen LogP contribution in [0, 0.1) is 0 Å². The number of ether oxygens (including phenoxy) is 1. The highest BCUT2D eigenvalue weighted by atomic mass is 16.5. The third kappa shape index (κ3) is 4.40. The second kappa shape index (κ2) is 8.17. The highest BCUT2D eigenvalue weighted by molar-refractivity contribution is 5.77. The SMILES string of the molecule is COCC(=O)N1CCc2ncc(CN(C)Cc3cncnc3)n2CC1. The molecule has 0 saturated heterocycles. The highest BCUT2D eigenvalue weighted by Crippen LogP contribution is 2.14. The Morgan fingerprint density at radius 2 is 2.00 bits per heavy atom. The standard InChI is InChI=1S/C17H24N6O2/c1-21(10-14-7-18-13-19-8-14)11-15-9-20-16-3-4-22(5-6-23(15)16)17(24)12-25-2/h7-9,13H,3-6,10-12H2,1-2H3. The summed E-state index contributed by atoms with van der Waals surface area (Å²) in [4.78, 5) is 28.8. The highest BCUT2D eigenvalue weighted by Gasteiger charge is 2.21. The zero-order valence-electron chi connectivity index (χ0n) is 14.8. The van der Waals surface area contributed by atoms with E-state index in [2.05, 4.69) is 31.5 Å². The predicted molar refractivity (Wildman–Crippen MR) is 91.6 cm³/mol. The lowest BCUT2D eigenvalue weighted by Gasteiger charge is -2.20. The maximum Gasteiger partial charge on any atom is 0.248 e. The monoisotopic (exact) mass is 344 g/mol. The molecule has 1 aliphatic rings. The van der Waals surface area contributed by atoms with Crippen LogP contribution in [0.3, 0.4) is 0 Å². The van der Waals surface area contributed by atoms with Crippen molar-refractivity contribution >= 4 is 5.91 Å². The van der Waals surface area contributed by atoms with Crippen LogP contribution in [0.2, 0.25) is 0 Å². The van der Waals surface area contributed by atoms with Gasteiger partial charge in [0.25, 0.3) is 0 Å². The Balaban J connectivity index is 1.63. The zero-order valence-corrected chi connectivity index (χ0v) is 14.8. The van der Waals surface area contributed by atoms with Gasteiger partial charge >= 0.3 is 0 Å². The molecule has 0 fully saturated rings. The molecule has 0 aliphatic carbocycles. The normalized spacial score (nSPS) is 14.4. The third-order valence-electron chi connectivity index (χ3n) is 4.34. The number of carbonyl (C=O) groups excluding carboxylic acids is 1. The van der Waals surface area contributed by atoms with E-state index in [9.17, 15) is 4.79 Å². The molecule has 1 amide bonds.